The Balaban J connectivity index is 2.66. The number of carbonyl (C=O) groups excluding carboxylic acids is 1. The van der Waals surface area contributed by atoms with Crippen LogP contribution in [-0.2, 0) is 4.74 Å². The molecule has 0 spiro atoms. The summed E-state index contributed by atoms with van der Waals surface area (Å²) in [4.78, 5) is 14.2. The van der Waals surface area contributed by atoms with Crippen LogP contribution in [-0.4, -0.2) is 40.4 Å². The summed E-state index contributed by atoms with van der Waals surface area (Å²) in [6.45, 7) is 8.53. The predicted molar refractivity (Wildman–Crippen MR) is 85.3 cm³/mol. The van der Waals surface area contributed by atoms with Crippen molar-refractivity contribution in [2.45, 2.75) is 96.8 Å². The van der Waals surface area contributed by atoms with Gasteiger partial charge in [-0.2, -0.15) is 0 Å². The van der Waals surface area contributed by atoms with Gasteiger partial charge in [0, 0.05) is 6.54 Å². The third kappa shape index (κ3) is 6.68. The molecule has 1 fully saturated rings. The Labute approximate surface area is 129 Å². The van der Waals surface area contributed by atoms with Gasteiger partial charge in [-0.1, -0.05) is 39.0 Å². The highest BCUT2D eigenvalue weighted by atomic mass is 16.6. The van der Waals surface area contributed by atoms with E-state index in [-0.39, 0.29) is 12.1 Å². The zero-order valence-electron chi connectivity index (χ0n) is 14.2. The molecule has 1 saturated carbocycles. The van der Waals surface area contributed by atoms with E-state index in [0.717, 1.165) is 38.5 Å². The Kier molecular flexibility index (Phi) is 7.50. The summed E-state index contributed by atoms with van der Waals surface area (Å²) in [7, 11) is 0. The van der Waals surface area contributed by atoms with Crippen LogP contribution < -0.4 is 0 Å². The number of hydrogen-bond acceptors (Lipinski definition) is 3. The van der Waals surface area contributed by atoms with Crippen LogP contribution in [0.1, 0.15) is 79.1 Å². The molecule has 0 aliphatic heterocycles. The molecule has 0 saturated heterocycles. The second-order valence-electron chi connectivity index (χ2n) is 7.15. The first kappa shape index (κ1) is 18.3. The average molecular weight is 299 g/mol. The molecule has 2 atom stereocenters. The van der Waals surface area contributed by atoms with Gasteiger partial charge in [0.05, 0.1) is 12.1 Å². The zero-order chi connectivity index (χ0) is 15.9. The van der Waals surface area contributed by atoms with Crippen molar-refractivity contribution in [2.24, 2.45) is 0 Å². The van der Waals surface area contributed by atoms with Gasteiger partial charge in [-0.25, -0.2) is 4.79 Å². The second kappa shape index (κ2) is 8.62. The monoisotopic (exact) mass is 299 g/mol. The van der Waals surface area contributed by atoms with E-state index in [0.29, 0.717) is 6.54 Å². The Bertz CT molecular complexity index is 312. The highest BCUT2D eigenvalue weighted by Gasteiger charge is 2.33. The summed E-state index contributed by atoms with van der Waals surface area (Å²) in [6.07, 6.45) is 7.60. The van der Waals surface area contributed by atoms with E-state index in [4.69, 9.17) is 4.74 Å². The van der Waals surface area contributed by atoms with Crippen LogP contribution in [0.3, 0.4) is 0 Å². The van der Waals surface area contributed by atoms with Crippen molar-refractivity contribution in [3.05, 3.63) is 0 Å². The first-order valence-electron chi connectivity index (χ1n) is 8.53. The smallest absolute Gasteiger partial charge is 0.410 e. The number of amides is 1. The standard InChI is InChI=1S/C17H33NO3/c1-5-6-7-10-13-18(16(20)21-17(2,3)4)14-11-8-9-12-15(14)19/h14-15,19H,5-13H2,1-4H3. The molecule has 2 unspecified atom stereocenters. The number of hydrogen-bond donors (Lipinski definition) is 1. The number of carbonyl (C=O) groups is 1. The van der Waals surface area contributed by atoms with Crippen molar-refractivity contribution < 1.29 is 14.6 Å². The van der Waals surface area contributed by atoms with Gasteiger partial charge in [0.2, 0.25) is 0 Å². The maximum absolute atomic E-state index is 12.5. The first-order chi connectivity index (χ1) is 9.85. The third-order valence-electron chi connectivity index (χ3n) is 3.97. The highest BCUT2D eigenvalue weighted by Crippen LogP contribution is 2.25. The van der Waals surface area contributed by atoms with Gasteiger partial charge >= 0.3 is 6.09 Å². The lowest BCUT2D eigenvalue weighted by atomic mass is 9.91. The van der Waals surface area contributed by atoms with E-state index in [1.54, 1.807) is 4.90 Å². The van der Waals surface area contributed by atoms with Crippen LogP contribution in [0.5, 0.6) is 0 Å². The van der Waals surface area contributed by atoms with Crippen LogP contribution in [0.4, 0.5) is 4.79 Å². The van der Waals surface area contributed by atoms with Crippen molar-refractivity contribution >= 4 is 6.09 Å². The number of nitrogens with zero attached hydrogens (tertiary/aromatic N) is 1. The zero-order valence-corrected chi connectivity index (χ0v) is 14.2. The summed E-state index contributed by atoms with van der Waals surface area (Å²) in [5.74, 6) is 0. The van der Waals surface area contributed by atoms with E-state index >= 15 is 0 Å². The lowest BCUT2D eigenvalue weighted by molar-refractivity contribution is -0.0173. The van der Waals surface area contributed by atoms with Crippen molar-refractivity contribution in [1.29, 1.82) is 0 Å². The molecule has 21 heavy (non-hydrogen) atoms. The lowest BCUT2D eigenvalue weighted by Crippen LogP contribution is -2.50. The quantitative estimate of drug-likeness (QED) is 0.751. The summed E-state index contributed by atoms with van der Waals surface area (Å²) in [5, 5.41) is 10.2. The molecule has 0 aromatic carbocycles. The molecule has 4 heteroatoms. The van der Waals surface area contributed by atoms with Crippen LogP contribution >= 0.6 is 0 Å². The Hall–Kier alpha value is -0.770. The summed E-state index contributed by atoms with van der Waals surface area (Å²) >= 11 is 0. The van der Waals surface area contributed by atoms with Gasteiger partial charge in [0.1, 0.15) is 5.60 Å². The molecular formula is C17H33NO3. The molecule has 0 radical (unpaired) electrons. The van der Waals surface area contributed by atoms with Crippen molar-refractivity contribution in [2.75, 3.05) is 6.54 Å². The maximum atomic E-state index is 12.5. The Morgan fingerprint density at radius 3 is 2.43 bits per heavy atom. The highest BCUT2D eigenvalue weighted by molar-refractivity contribution is 5.68. The number of unbranched alkanes of at least 4 members (excludes halogenated alkanes) is 3. The largest absolute Gasteiger partial charge is 0.444 e. The molecule has 4 nitrogen and oxygen atoms in total. The topological polar surface area (TPSA) is 49.8 Å². The van der Waals surface area contributed by atoms with E-state index in [9.17, 15) is 9.90 Å². The molecular weight excluding hydrogens is 266 g/mol. The van der Waals surface area contributed by atoms with Crippen LogP contribution in [0.2, 0.25) is 0 Å². The molecule has 1 amide bonds. The van der Waals surface area contributed by atoms with Gasteiger partial charge in [-0.15, -0.1) is 0 Å². The minimum absolute atomic E-state index is 0.0739. The van der Waals surface area contributed by atoms with E-state index < -0.39 is 11.7 Å². The number of aliphatic hydroxyl groups excluding tert-OH is 1. The first-order valence-corrected chi connectivity index (χ1v) is 8.53. The van der Waals surface area contributed by atoms with Crippen LogP contribution in [0.25, 0.3) is 0 Å². The van der Waals surface area contributed by atoms with Crippen molar-refractivity contribution in [3.8, 4) is 0 Å². The summed E-state index contributed by atoms with van der Waals surface area (Å²) in [5.41, 5.74) is -0.488. The van der Waals surface area contributed by atoms with Crippen LogP contribution in [0.15, 0.2) is 0 Å². The van der Waals surface area contributed by atoms with E-state index in [2.05, 4.69) is 6.92 Å². The minimum atomic E-state index is -0.488. The normalized spacial score (nSPS) is 22.9. The fourth-order valence-electron chi connectivity index (χ4n) is 2.88. The van der Waals surface area contributed by atoms with Gasteiger partial charge in [-0.05, 0) is 40.0 Å². The molecule has 0 aromatic rings. The Morgan fingerprint density at radius 2 is 1.86 bits per heavy atom. The van der Waals surface area contributed by atoms with Gasteiger partial charge in [0.15, 0.2) is 0 Å². The average Bonchev–Trinajstić information content (AvgIpc) is 2.38. The SMILES string of the molecule is CCCCCCN(C(=O)OC(C)(C)C)C1CCCCC1O. The molecule has 0 heterocycles. The molecule has 1 aliphatic carbocycles. The molecule has 1 rings (SSSR count). The second-order valence-corrected chi connectivity index (χ2v) is 7.15. The molecule has 0 aromatic heterocycles. The Morgan fingerprint density at radius 1 is 1.19 bits per heavy atom. The fourth-order valence-corrected chi connectivity index (χ4v) is 2.88. The summed E-state index contributed by atoms with van der Waals surface area (Å²) in [6, 6.07) is -0.0739. The minimum Gasteiger partial charge on any atom is -0.444 e. The van der Waals surface area contributed by atoms with Crippen LogP contribution in [0, 0.1) is 0 Å². The van der Waals surface area contributed by atoms with Crippen molar-refractivity contribution in [3.63, 3.8) is 0 Å². The van der Waals surface area contributed by atoms with E-state index in [1.807, 2.05) is 20.8 Å². The molecule has 0 bridgehead atoms. The lowest BCUT2D eigenvalue weighted by Gasteiger charge is -2.38. The predicted octanol–water partition coefficient (Wildman–Crippen LogP) is 4.11. The molecule has 1 N–H and O–H groups in total. The number of ether oxygens (including phenoxy) is 1. The van der Waals surface area contributed by atoms with Crippen molar-refractivity contribution in [1.82, 2.24) is 4.90 Å². The number of rotatable bonds is 6. The fraction of sp³-hybridized carbons (Fsp3) is 0.941. The van der Waals surface area contributed by atoms with Gasteiger partial charge in [-0.3, -0.25) is 0 Å². The number of aliphatic hydroxyl groups is 1. The molecule has 1 aliphatic rings. The van der Waals surface area contributed by atoms with Gasteiger partial charge in [0.25, 0.3) is 0 Å². The van der Waals surface area contributed by atoms with E-state index in [1.165, 1.54) is 12.8 Å². The van der Waals surface area contributed by atoms with Gasteiger partial charge < -0.3 is 14.7 Å². The maximum Gasteiger partial charge on any atom is 0.410 e. The third-order valence-corrected chi connectivity index (χ3v) is 3.97. The summed E-state index contributed by atoms with van der Waals surface area (Å²) < 4.78 is 5.53. The molecule has 124 valence electrons.